The van der Waals surface area contributed by atoms with Crippen LogP contribution in [0.5, 0.6) is 0 Å². The van der Waals surface area contributed by atoms with Crippen molar-refractivity contribution in [2.24, 2.45) is 5.92 Å². The Balaban J connectivity index is 1.34. The van der Waals surface area contributed by atoms with Crippen molar-refractivity contribution < 1.29 is 14.0 Å². The highest BCUT2D eigenvalue weighted by Gasteiger charge is 2.29. The van der Waals surface area contributed by atoms with E-state index in [4.69, 9.17) is 0 Å². The Labute approximate surface area is 175 Å². The number of piperidine rings is 1. The van der Waals surface area contributed by atoms with Gasteiger partial charge in [0.05, 0.1) is 10.8 Å². The van der Waals surface area contributed by atoms with E-state index in [1.807, 2.05) is 11.4 Å². The van der Waals surface area contributed by atoms with Crippen LogP contribution < -0.4 is 5.32 Å². The zero-order valence-electron chi connectivity index (χ0n) is 15.5. The number of thiophene rings is 1. The van der Waals surface area contributed by atoms with Gasteiger partial charge in [0.25, 0.3) is 5.91 Å². The Morgan fingerprint density at radius 1 is 1.21 bits per heavy atom. The predicted octanol–water partition coefficient (Wildman–Crippen LogP) is 3.82. The van der Waals surface area contributed by atoms with Gasteiger partial charge in [-0.25, -0.2) is 4.39 Å². The molecule has 1 saturated heterocycles. The summed E-state index contributed by atoms with van der Waals surface area (Å²) in [6.45, 7) is 1.07. The van der Waals surface area contributed by atoms with E-state index in [1.165, 1.54) is 34.8 Å². The van der Waals surface area contributed by atoms with Gasteiger partial charge in [-0.1, -0.05) is 29.5 Å². The molecule has 3 heterocycles. The number of nitrogens with one attached hydrogen (secondary N) is 1. The molecule has 4 rings (SSSR count). The number of halogens is 1. The molecule has 29 heavy (non-hydrogen) atoms. The summed E-state index contributed by atoms with van der Waals surface area (Å²) >= 11 is 2.71. The van der Waals surface area contributed by atoms with Gasteiger partial charge in [-0.15, -0.1) is 21.5 Å². The SMILES string of the molecule is O=C(Nc1nnc(Cc2ccc(F)cc2)s1)C1CCCN(C(=O)c2cccs2)C1. The molecule has 150 valence electrons. The lowest BCUT2D eigenvalue weighted by atomic mass is 9.97. The molecular formula is C20H19FN4O2S2. The van der Waals surface area contributed by atoms with Crippen molar-refractivity contribution >= 4 is 39.6 Å². The average Bonchev–Trinajstić information content (AvgIpc) is 3.42. The molecule has 6 nitrogen and oxygen atoms in total. The van der Waals surface area contributed by atoms with Crippen LogP contribution in [-0.4, -0.2) is 40.0 Å². The number of benzene rings is 1. The number of carbonyl (C=O) groups excluding carboxylic acids is 2. The number of aromatic nitrogens is 2. The summed E-state index contributed by atoms with van der Waals surface area (Å²) in [5.41, 5.74) is 0.926. The van der Waals surface area contributed by atoms with Gasteiger partial charge in [0.15, 0.2) is 0 Å². The summed E-state index contributed by atoms with van der Waals surface area (Å²) in [6, 6.07) is 9.88. The first kappa shape index (κ1) is 19.7. The lowest BCUT2D eigenvalue weighted by molar-refractivity contribution is -0.121. The number of likely N-dealkylation sites (tertiary alicyclic amines) is 1. The van der Waals surface area contributed by atoms with Crippen LogP contribution in [0.2, 0.25) is 0 Å². The number of rotatable bonds is 5. The Morgan fingerprint density at radius 2 is 2.03 bits per heavy atom. The van der Waals surface area contributed by atoms with Gasteiger partial charge in [-0.2, -0.15) is 0 Å². The van der Waals surface area contributed by atoms with E-state index in [0.717, 1.165) is 23.4 Å². The second kappa shape index (κ2) is 8.79. The summed E-state index contributed by atoms with van der Waals surface area (Å²) < 4.78 is 13.0. The Bertz CT molecular complexity index is 988. The molecule has 3 aromatic rings. The van der Waals surface area contributed by atoms with Crippen molar-refractivity contribution in [3.63, 3.8) is 0 Å². The van der Waals surface area contributed by atoms with Crippen molar-refractivity contribution in [3.05, 3.63) is 63.0 Å². The maximum absolute atomic E-state index is 13.0. The summed E-state index contributed by atoms with van der Waals surface area (Å²) in [4.78, 5) is 27.7. The fourth-order valence-corrected chi connectivity index (χ4v) is 4.76. The second-order valence-electron chi connectivity index (χ2n) is 6.86. The second-order valence-corrected chi connectivity index (χ2v) is 8.87. The van der Waals surface area contributed by atoms with E-state index in [-0.39, 0.29) is 23.5 Å². The third-order valence-corrected chi connectivity index (χ3v) is 6.47. The van der Waals surface area contributed by atoms with E-state index in [1.54, 1.807) is 23.1 Å². The number of nitrogens with zero attached hydrogens (tertiary/aromatic N) is 3. The molecule has 1 aliphatic rings. The maximum atomic E-state index is 13.0. The molecule has 1 aromatic carbocycles. The van der Waals surface area contributed by atoms with E-state index in [9.17, 15) is 14.0 Å². The molecule has 0 bridgehead atoms. The Hall–Kier alpha value is -2.65. The van der Waals surface area contributed by atoms with Gasteiger partial charge in [0.1, 0.15) is 10.8 Å². The minimum atomic E-state index is -0.280. The molecule has 1 atom stereocenters. The van der Waals surface area contributed by atoms with Gasteiger partial charge >= 0.3 is 0 Å². The summed E-state index contributed by atoms with van der Waals surface area (Å²) in [5, 5.41) is 14.0. The number of amides is 2. The molecule has 1 aliphatic heterocycles. The molecule has 1 unspecified atom stereocenters. The van der Waals surface area contributed by atoms with Crippen LogP contribution in [0, 0.1) is 11.7 Å². The van der Waals surface area contributed by atoms with Gasteiger partial charge in [-0.3, -0.25) is 9.59 Å². The number of anilines is 1. The van der Waals surface area contributed by atoms with E-state index in [2.05, 4.69) is 15.5 Å². The standard InChI is InChI=1S/C20H19FN4O2S2/c21-15-7-5-13(6-8-15)11-17-23-24-20(29-17)22-18(26)14-3-1-9-25(12-14)19(27)16-4-2-10-28-16/h2,4-8,10,14H,1,3,9,11-12H2,(H,22,24,26). The quantitative estimate of drug-likeness (QED) is 0.668. The number of hydrogen-bond acceptors (Lipinski definition) is 6. The van der Waals surface area contributed by atoms with Gasteiger partial charge in [0.2, 0.25) is 11.0 Å². The molecule has 0 spiro atoms. The van der Waals surface area contributed by atoms with Crippen LogP contribution in [0.1, 0.15) is 33.1 Å². The molecule has 9 heteroatoms. The topological polar surface area (TPSA) is 75.2 Å². The van der Waals surface area contributed by atoms with Crippen molar-refractivity contribution in [1.29, 1.82) is 0 Å². The van der Waals surface area contributed by atoms with Gasteiger partial charge in [0, 0.05) is 19.5 Å². The van der Waals surface area contributed by atoms with Gasteiger partial charge in [-0.05, 0) is 42.0 Å². The molecule has 0 aliphatic carbocycles. The monoisotopic (exact) mass is 430 g/mol. The molecule has 2 amide bonds. The summed E-state index contributed by atoms with van der Waals surface area (Å²) in [7, 11) is 0. The van der Waals surface area contributed by atoms with Crippen LogP contribution in [-0.2, 0) is 11.2 Å². The third-order valence-electron chi connectivity index (χ3n) is 4.78. The van der Waals surface area contributed by atoms with E-state index in [0.29, 0.717) is 29.5 Å². The molecule has 2 aromatic heterocycles. The molecular weight excluding hydrogens is 411 g/mol. The van der Waals surface area contributed by atoms with Crippen molar-refractivity contribution in [1.82, 2.24) is 15.1 Å². The summed E-state index contributed by atoms with van der Waals surface area (Å²) in [5.74, 6) is -0.705. The normalized spacial score (nSPS) is 16.6. The maximum Gasteiger partial charge on any atom is 0.263 e. The molecule has 1 N–H and O–H groups in total. The lowest BCUT2D eigenvalue weighted by Crippen LogP contribution is -2.43. The van der Waals surface area contributed by atoms with Crippen LogP contribution in [0.15, 0.2) is 41.8 Å². The Morgan fingerprint density at radius 3 is 2.79 bits per heavy atom. The van der Waals surface area contributed by atoms with Crippen LogP contribution in [0.3, 0.4) is 0 Å². The minimum absolute atomic E-state index is 0.0185. The first-order chi connectivity index (χ1) is 14.1. The number of carbonyl (C=O) groups is 2. The first-order valence-corrected chi connectivity index (χ1v) is 11.0. The van der Waals surface area contributed by atoms with E-state index < -0.39 is 0 Å². The van der Waals surface area contributed by atoms with Gasteiger partial charge < -0.3 is 10.2 Å². The van der Waals surface area contributed by atoms with E-state index >= 15 is 0 Å². The highest BCUT2D eigenvalue weighted by Crippen LogP contribution is 2.24. The smallest absolute Gasteiger partial charge is 0.263 e. The zero-order valence-corrected chi connectivity index (χ0v) is 17.1. The van der Waals surface area contributed by atoms with Crippen LogP contribution in [0.4, 0.5) is 9.52 Å². The molecule has 1 fully saturated rings. The van der Waals surface area contributed by atoms with Crippen molar-refractivity contribution in [3.8, 4) is 0 Å². The van der Waals surface area contributed by atoms with Crippen molar-refractivity contribution in [2.45, 2.75) is 19.3 Å². The third kappa shape index (κ3) is 4.86. The number of hydrogen-bond donors (Lipinski definition) is 1. The fourth-order valence-electron chi connectivity index (χ4n) is 3.29. The van der Waals surface area contributed by atoms with Crippen LogP contribution in [0.25, 0.3) is 0 Å². The Kier molecular flexibility index (Phi) is 5.96. The van der Waals surface area contributed by atoms with Crippen molar-refractivity contribution in [2.75, 3.05) is 18.4 Å². The largest absolute Gasteiger partial charge is 0.337 e. The highest BCUT2D eigenvalue weighted by atomic mass is 32.1. The highest BCUT2D eigenvalue weighted by molar-refractivity contribution is 7.15. The zero-order chi connectivity index (χ0) is 20.2. The molecule has 0 radical (unpaired) electrons. The fraction of sp³-hybridized carbons (Fsp3) is 0.300. The predicted molar refractivity (Wildman–Crippen MR) is 111 cm³/mol. The molecule has 0 saturated carbocycles. The summed E-state index contributed by atoms with van der Waals surface area (Å²) in [6.07, 6.45) is 2.06. The average molecular weight is 431 g/mol. The lowest BCUT2D eigenvalue weighted by Gasteiger charge is -2.31. The van der Waals surface area contributed by atoms with Crippen LogP contribution >= 0.6 is 22.7 Å². The minimum Gasteiger partial charge on any atom is -0.337 e. The first-order valence-electron chi connectivity index (χ1n) is 9.29.